The topological polar surface area (TPSA) is 393 Å². The van der Waals surface area contributed by atoms with Gasteiger partial charge in [-0.15, -0.1) is 0 Å². The van der Waals surface area contributed by atoms with Crippen LogP contribution < -0.4 is 0 Å². The Morgan fingerprint density at radius 2 is 1.19 bits per heavy atom. The van der Waals surface area contributed by atoms with Crippen LogP contribution in [0, 0.1) is 44.8 Å². The highest BCUT2D eigenvalue weighted by Crippen LogP contribution is 2.75. The van der Waals surface area contributed by atoms with Gasteiger partial charge in [0.15, 0.2) is 25.2 Å². The third kappa shape index (κ3) is 10.5. The number of aliphatic hydroxyl groups is 14. The highest BCUT2D eigenvalue weighted by atomic mass is 16.8. The van der Waals surface area contributed by atoms with Crippen molar-refractivity contribution in [2.24, 2.45) is 44.8 Å². The van der Waals surface area contributed by atoms with Gasteiger partial charge < -0.3 is 119 Å². The number of hydrogen-bond acceptors (Lipinski definition) is 25. The summed E-state index contributed by atoms with van der Waals surface area (Å²) in [5.41, 5.74) is -0.154. The van der Waals surface area contributed by atoms with Gasteiger partial charge in [0.2, 0.25) is 6.29 Å². The van der Waals surface area contributed by atoms with E-state index in [4.69, 9.17) is 47.4 Å². The van der Waals surface area contributed by atoms with Crippen molar-refractivity contribution in [3.63, 3.8) is 0 Å². The van der Waals surface area contributed by atoms with Crippen molar-refractivity contribution < 1.29 is 124 Å². The number of hydrogen-bond donors (Lipinski definition) is 14. The average molecular weight is 1160 g/mol. The smallest absolute Gasteiger partial charge is 0.315 e. The molecule has 5 aliphatic carbocycles. The van der Waals surface area contributed by atoms with Gasteiger partial charge in [-0.1, -0.05) is 58.4 Å². The quantitative estimate of drug-likeness (QED) is 0.0535. The first-order valence-electron chi connectivity index (χ1n) is 28.9. The first kappa shape index (κ1) is 62.1. The minimum absolute atomic E-state index is 0.132. The molecule has 0 bridgehead atoms. The van der Waals surface area contributed by atoms with Gasteiger partial charge in [-0.3, -0.25) is 4.79 Å². The molecular formula is C56H88O25. The molecule has 0 amide bonds. The zero-order valence-corrected chi connectivity index (χ0v) is 46.7. The SMILES string of the molecule is C=C1CC[C@@]2(C(=O)O[C@@H]3O[C@H](CO[C@@H]4O[C@H](CO)[C@@H](O)[C@H](O)[C@H]4O)[C@@H](O)[C@H](O)[C@H]3O)CC[C@@]3(C)C(=CC[C@H]4[C@]5(C)CC[C@@H](O[C@@H]6OC[C@H](O)[C@H](O)[C@H]6O[C@@H]6OC[C@H](O)[C@H](O[C@H]7OC[C@@H](O)[C@@H](O)[C@@H]7O)[C@H]6O)C(C)(C)[C@H]5CC[C@@]43C)[C@H]2C1. The molecule has 5 saturated heterocycles. The molecule has 5 heterocycles. The molecule has 0 unspecified atom stereocenters. The Balaban J connectivity index is 0.827. The van der Waals surface area contributed by atoms with Crippen molar-refractivity contribution in [3.05, 3.63) is 23.8 Å². The first-order valence-corrected chi connectivity index (χ1v) is 28.9. The molecule has 0 aromatic heterocycles. The molecule has 81 heavy (non-hydrogen) atoms. The molecule has 462 valence electrons. The van der Waals surface area contributed by atoms with Crippen LogP contribution in [0.4, 0.5) is 0 Å². The van der Waals surface area contributed by atoms with Crippen LogP contribution in [0.5, 0.6) is 0 Å². The van der Waals surface area contributed by atoms with Gasteiger partial charge in [-0.2, -0.15) is 0 Å². The van der Waals surface area contributed by atoms with E-state index in [0.29, 0.717) is 38.5 Å². The molecule has 10 rings (SSSR count). The maximum Gasteiger partial charge on any atom is 0.315 e. The summed E-state index contributed by atoms with van der Waals surface area (Å²) in [5.74, 6) is -0.584. The highest BCUT2D eigenvalue weighted by molar-refractivity contribution is 5.79. The van der Waals surface area contributed by atoms with Crippen LogP contribution in [0.15, 0.2) is 23.8 Å². The molecule has 5 aliphatic heterocycles. The van der Waals surface area contributed by atoms with Gasteiger partial charge in [-0.05, 0) is 97.7 Å². The lowest BCUT2D eigenvalue weighted by molar-refractivity contribution is -0.369. The number of ether oxygens (including phenoxy) is 10. The van der Waals surface area contributed by atoms with Gasteiger partial charge in [0.05, 0.1) is 44.6 Å². The molecule has 4 saturated carbocycles. The number of esters is 1. The molecule has 0 radical (unpaired) electrons. The maximum atomic E-state index is 15.0. The molecule has 10 aliphatic rings. The van der Waals surface area contributed by atoms with E-state index in [2.05, 4.69) is 47.3 Å². The fourth-order valence-corrected chi connectivity index (χ4v) is 16.6. The van der Waals surface area contributed by atoms with Gasteiger partial charge in [-0.25, -0.2) is 0 Å². The number of fused-ring (bicyclic) bond motifs is 7. The van der Waals surface area contributed by atoms with E-state index in [1.165, 1.54) is 5.57 Å². The number of aliphatic hydroxyl groups excluding tert-OH is 14. The lowest BCUT2D eigenvalue weighted by Gasteiger charge is -2.71. The highest BCUT2D eigenvalue weighted by Gasteiger charge is 2.70. The Morgan fingerprint density at radius 1 is 0.593 bits per heavy atom. The van der Waals surface area contributed by atoms with Crippen molar-refractivity contribution in [1.82, 2.24) is 0 Å². The molecule has 25 nitrogen and oxygen atoms in total. The van der Waals surface area contributed by atoms with Crippen LogP contribution in [-0.2, 0) is 52.2 Å². The number of allylic oxidation sites excluding steroid dienone is 3. The lowest BCUT2D eigenvalue weighted by Crippen LogP contribution is -2.66. The zero-order valence-electron chi connectivity index (χ0n) is 46.7. The molecular weight excluding hydrogens is 1070 g/mol. The summed E-state index contributed by atoms with van der Waals surface area (Å²) in [6.07, 6.45) is -26.3. The normalized spacial score (nSPS) is 53.7. The van der Waals surface area contributed by atoms with E-state index >= 15 is 0 Å². The summed E-state index contributed by atoms with van der Waals surface area (Å²) in [6, 6.07) is 0. The van der Waals surface area contributed by atoms with E-state index in [-0.39, 0.29) is 47.2 Å². The van der Waals surface area contributed by atoms with Gasteiger partial charge >= 0.3 is 5.97 Å². The van der Waals surface area contributed by atoms with Gasteiger partial charge in [0.1, 0.15) is 104 Å². The first-order chi connectivity index (χ1) is 38.1. The molecule has 14 N–H and O–H groups in total. The van der Waals surface area contributed by atoms with Crippen LogP contribution in [0.3, 0.4) is 0 Å². The summed E-state index contributed by atoms with van der Waals surface area (Å²) >= 11 is 0. The Morgan fingerprint density at radius 3 is 1.88 bits per heavy atom. The largest absolute Gasteiger partial charge is 0.432 e. The van der Waals surface area contributed by atoms with Gasteiger partial charge in [0, 0.05) is 5.92 Å². The van der Waals surface area contributed by atoms with Crippen molar-refractivity contribution in [2.45, 2.75) is 240 Å². The van der Waals surface area contributed by atoms with E-state index in [1.54, 1.807) is 0 Å². The molecule has 0 aromatic rings. The van der Waals surface area contributed by atoms with E-state index < -0.39 is 178 Å². The zero-order chi connectivity index (χ0) is 58.6. The van der Waals surface area contributed by atoms with Crippen LogP contribution in [-0.4, -0.2) is 252 Å². The Labute approximate surface area is 470 Å². The Kier molecular flexibility index (Phi) is 17.8. The third-order valence-electron chi connectivity index (χ3n) is 21.8. The number of carbonyl (C=O) groups excluding carboxylic acids is 1. The second kappa shape index (κ2) is 23.3. The molecule has 9 fully saturated rings. The minimum atomic E-state index is -1.85. The van der Waals surface area contributed by atoms with Crippen molar-refractivity contribution in [1.29, 1.82) is 0 Å². The van der Waals surface area contributed by atoms with Crippen LogP contribution >= 0.6 is 0 Å². The second-order valence-electron chi connectivity index (χ2n) is 26.4. The Hall–Kier alpha value is -1.97. The Bertz CT molecular complexity index is 2270. The van der Waals surface area contributed by atoms with Gasteiger partial charge in [0.25, 0.3) is 0 Å². The van der Waals surface area contributed by atoms with E-state index in [1.807, 2.05) is 0 Å². The molecule has 25 heteroatoms. The third-order valence-corrected chi connectivity index (χ3v) is 21.8. The summed E-state index contributed by atoms with van der Waals surface area (Å²) < 4.78 is 59.0. The minimum Gasteiger partial charge on any atom is -0.432 e. The fourth-order valence-electron chi connectivity index (χ4n) is 16.6. The summed E-state index contributed by atoms with van der Waals surface area (Å²) in [6.45, 7) is 13.5. The van der Waals surface area contributed by atoms with Crippen molar-refractivity contribution in [2.75, 3.05) is 33.0 Å². The summed E-state index contributed by atoms with van der Waals surface area (Å²) in [5, 5.41) is 149. The number of carbonyl (C=O) groups is 1. The maximum absolute atomic E-state index is 15.0. The summed E-state index contributed by atoms with van der Waals surface area (Å²) in [4.78, 5) is 15.0. The second-order valence-corrected chi connectivity index (χ2v) is 26.4. The van der Waals surface area contributed by atoms with Crippen molar-refractivity contribution >= 4 is 5.97 Å². The number of rotatable bonds is 12. The molecule has 0 spiro atoms. The molecule has 30 atom stereocenters. The standard InChI is InChI=1S/C56H88O25/c1-23-9-14-56(51(71)81-49-42(69)39(66)37(64)30(77-49)22-75-46-41(68)38(65)36(63)29(18-57)76-46)16-15-54(5)24(25(56)17-23)7-8-32-53(4)12-11-33(52(2,3)31(53)10-13-55(32,54)6)78-50-45(35(62)27(59)20-74-50)80-48-43(70)44(28(60)21-73-48)79-47-40(67)34(61)26(58)19-72-47/h7,25-50,57-70H,1,8-22H2,2-6H3/t25-,26-,27+,28+,29-,30-,31-,32+,33-,34-,35+,36-,37-,38+,39+,40+,41-,42-,43-,44+,45-,46-,47-,48+,49+,50+,53-,54+,55+,56-/m1/s1. The predicted molar refractivity (Wildman–Crippen MR) is 273 cm³/mol. The monoisotopic (exact) mass is 1160 g/mol. The predicted octanol–water partition coefficient (Wildman–Crippen LogP) is -2.76. The lowest BCUT2D eigenvalue weighted by atomic mass is 9.34. The van der Waals surface area contributed by atoms with Crippen LogP contribution in [0.1, 0.15) is 98.8 Å². The van der Waals surface area contributed by atoms with Crippen LogP contribution in [0.25, 0.3) is 0 Å². The fraction of sp³-hybridized carbons (Fsp3) is 0.911. The van der Waals surface area contributed by atoms with E-state index in [9.17, 15) is 76.3 Å². The summed E-state index contributed by atoms with van der Waals surface area (Å²) in [7, 11) is 0. The van der Waals surface area contributed by atoms with Crippen LogP contribution in [0.2, 0.25) is 0 Å². The average Bonchev–Trinajstić information content (AvgIpc) is 2.43. The molecule has 0 aromatic carbocycles. The van der Waals surface area contributed by atoms with Crippen molar-refractivity contribution in [3.8, 4) is 0 Å². The van der Waals surface area contributed by atoms with E-state index in [0.717, 1.165) is 31.3 Å².